The van der Waals surface area contributed by atoms with Gasteiger partial charge in [-0.2, -0.15) is 0 Å². The van der Waals surface area contributed by atoms with E-state index < -0.39 is 0 Å². The highest BCUT2D eigenvalue weighted by Crippen LogP contribution is 2.29. The van der Waals surface area contributed by atoms with E-state index in [4.69, 9.17) is 4.99 Å². The highest BCUT2D eigenvalue weighted by Gasteiger charge is 2.07. The molecule has 0 aliphatic carbocycles. The second-order valence-corrected chi connectivity index (χ2v) is 7.91. The molecule has 1 nitrogen and oxygen atoms in total. The second kappa shape index (κ2) is 9.46. The maximum atomic E-state index is 4.89. The molecule has 26 heavy (non-hydrogen) atoms. The molecule has 0 unspecified atom stereocenters. The number of aliphatic imine (C=N–C) groups is 1. The molecule has 0 saturated heterocycles. The lowest BCUT2D eigenvalue weighted by molar-refractivity contribution is 1.37. The van der Waals surface area contributed by atoms with E-state index in [1.54, 1.807) is 23.5 Å². The number of nitrogens with zero attached hydrogens (tertiary/aromatic N) is 1. The molecule has 3 rings (SSSR count). The van der Waals surface area contributed by atoms with Gasteiger partial charge in [-0.3, -0.25) is 0 Å². The van der Waals surface area contributed by atoms with Crippen molar-refractivity contribution in [3.8, 4) is 0 Å². The lowest BCUT2D eigenvalue weighted by Gasteiger charge is -2.08. The van der Waals surface area contributed by atoms with E-state index in [9.17, 15) is 0 Å². The van der Waals surface area contributed by atoms with Gasteiger partial charge < -0.3 is 0 Å². The maximum Gasteiger partial charge on any atom is 0.105 e. The lowest BCUT2D eigenvalue weighted by atomic mass is 10.2. The molecule has 0 N–H and O–H groups in total. The van der Waals surface area contributed by atoms with Gasteiger partial charge in [0.25, 0.3) is 0 Å². The molecule has 3 aromatic carbocycles. The zero-order valence-corrected chi connectivity index (χ0v) is 16.6. The van der Waals surface area contributed by atoms with Gasteiger partial charge in [-0.1, -0.05) is 77.6 Å². The molecule has 0 bridgehead atoms. The van der Waals surface area contributed by atoms with E-state index in [-0.39, 0.29) is 0 Å². The summed E-state index contributed by atoms with van der Waals surface area (Å²) in [7, 11) is 0. The van der Waals surface area contributed by atoms with Gasteiger partial charge in [0.2, 0.25) is 0 Å². The first-order chi connectivity index (χ1) is 12.7. The Morgan fingerprint density at radius 2 is 1.46 bits per heavy atom. The Kier molecular flexibility index (Phi) is 6.75. The fourth-order valence-electron chi connectivity index (χ4n) is 2.31. The number of aryl methyl sites for hydroxylation is 1. The fourth-order valence-corrected chi connectivity index (χ4v) is 4.11. The van der Waals surface area contributed by atoms with Crippen molar-refractivity contribution >= 4 is 34.3 Å². The topological polar surface area (TPSA) is 12.4 Å². The normalized spacial score (nSPS) is 12.2. The van der Waals surface area contributed by atoms with Gasteiger partial charge in [0.05, 0.1) is 5.69 Å². The number of rotatable bonds is 5. The van der Waals surface area contributed by atoms with Crippen LogP contribution < -0.4 is 0 Å². The molecular weight excluding hydrogens is 354 g/mol. The summed E-state index contributed by atoms with van der Waals surface area (Å²) in [6, 6.07) is 29.1. The standard InChI is InChI=1S/C23H21NS2/c1-18-10-9-15-22(16-18)26-23(24-20-11-5-3-6-12-20)19(2)17-25-21-13-7-4-8-14-21/h3-17H,1-2H3/b19-17+,24-23+. The predicted octanol–water partition coefficient (Wildman–Crippen LogP) is 7.51. The average Bonchev–Trinajstić information content (AvgIpc) is 2.67. The Hall–Kier alpha value is -2.23. The van der Waals surface area contributed by atoms with E-state index in [0.29, 0.717) is 0 Å². The summed E-state index contributed by atoms with van der Waals surface area (Å²) in [5, 5.41) is 3.20. The molecule has 0 saturated carbocycles. The average molecular weight is 376 g/mol. The lowest BCUT2D eigenvalue weighted by Crippen LogP contribution is -1.94. The summed E-state index contributed by atoms with van der Waals surface area (Å²) in [5.74, 6) is 0. The molecule has 0 radical (unpaired) electrons. The molecule has 0 atom stereocenters. The van der Waals surface area contributed by atoms with Crippen molar-refractivity contribution in [3.05, 3.63) is 101 Å². The van der Waals surface area contributed by atoms with Crippen molar-refractivity contribution in [2.24, 2.45) is 4.99 Å². The molecule has 0 heterocycles. The smallest absolute Gasteiger partial charge is 0.105 e. The molecule has 3 heteroatoms. The van der Waals surface area contributed by atoms with Gasteiger partial charge >= 0.3 is 0 Å². The maximum absolute atomic E-state index is 4.89. The zero-order chi connectivity index (χ0) is 18.2. The van der Waals surface area contributed by atoms with E-state index in [1.807, 2.05) is 36.4 Å². The predicted molar refractivity (Wildman–Crippen MR) is 117 cm³/mol. The van der Waals surface area contributed by atoms with Crippen LogP contribution in [-0.2, 0) is 0 Å². The summed E-state index contributed by atoms with van der Waals surface area (Å²) in [6.45, 7) is 4.24. The Labute approximate surface area is 164 Å². The van der Waals surface area contributed by atoms with Crippen molar-refractivity contribution in [2.75, 3.05) is 0 Å². The summed E-state index contributed by atoms with van der Waals surface area (Å²) in [6.07, 6.45) is 0. The highest BCUT2D eigenvalue weighted by atomic mass is 32.2. The van der Waals surface area contributed by atoms with Crippen LogP contribution in [0, 0.1) is 6.92 Å². The second-order valence-electron chi connectivity index (χ2n) is 5.90. The van der Waals surface area contributed by atoms with Crippen LogP contribution in [0.4, 0.5) is 5.69 Å². The molecular formula is C23H21NS2. The minimum absolute atomic E-state index is 0.972. The Morgan fingerprint density at radius 1 is 0.808 bits per heavy atom. The number of para-hydroxylation sites is 1. The van der Waals surface area contributed by atoms with Crippen LogP contribution in [0.15, 0.2) is 111 Å². The third-order valence-electron chi connectivity index (χ3n) is 3.64. The summed E-state index contributed by atoms with van der Waals surface area (Å²) >= 11 is 3.43. The van der Waals surface area contributed by atoms with Crippen LogP contribution in [0.5, 0.6) is 0 Å². The molecule has 0 aromatic heterocycles. The molecule has 0 aliphatic heterocycles. The monoisotopic (exact) mass is 375 g/mol. The minimum atomic E-state index is 0.972. The molecule has 0 amide bonds. The van der Waals surface area contributed by atoms with Crippen LogP contribution in [0.1, 0.15) is 12.5 Å². The van der Waals surface area contributed by atoms with Gasteiger partial charge in [0.1, 0.15) is 5.04 Å². The van der Waals surface area contributed by atoms with Crippen molar-refractivity contribution in [3.63, 3.8) is 0 Å². The molecule has 3 aromatic rings. The van der Waals surface area contributed by atoms with Crippen molar-refractivity contribution in [1.29, 1.82) is 0 Å². The Morgan fingerprint density at radius 3 is 2.15 bits per heavy atom. The van der Waals surface area contributed by atoms with Crippen LogP contribution in [0.25, 0.3) is 0 Å². The largest absolute Gasteiger partial charge is 0.241 e. The van der Waals surface area contributed by atoms with Crippen LogP contribution in [0.2, 0.25) is 0 Å². The third kappa shape index (κ3) is 5.65. The first-order valence-electron chi connectivity index (χ1n) is 8.48. The first kappa shape index (κ1) is 18.6. The van der Waals surface area contributed by atoms with Gasteiger partial charge in [0.15, 0.2) is 0 Å². The van der Waals surface area contributed by atoms with Gasteiger partial charge in [-0.25, -0.2) is 4.99 Å². The molecule has 130 valence electrons. The molecule has 0 spiro atoms. The Bertz CT molecular complexity index is 900. The molecule has 0 aliphatic rings. The van der Waals surface area contributed by atoms with Gasteiger partial charge in [0, 0.05) is 9.79 Å². The minimum Gasteiger partial charge on any atom is -0.241 e. The fraction of sp³-hybridized carbons (Fsp3) is 0.0870. The van der Waals surface area contributed by atoms with Gasteiger partial charge in [-0.15, -0.1) is 0 Å². The highest BCUT2D eigenvalue weighted by molar-refractivity contribution is 8.14. The van der Waals surface area contributed by atoms with E-state index >= 15 is 0 Å². The van der Waals surface area contributed by atoms with E-state index in [1.165, 1.54) is 15.4 Å². The number of benzene rings is 3. The summed E-state index contributed by atoms with van der Waals surface area (Å²) in [5.41, 5.74) is 3.39. The summed E-state index contributed by atoms with van der Waals surface area (Å²) < 4.78 is 0. The van der Waals surface area contributed by atoms with Crippen LogP contribution in [0.3, 0.4) is 0 Å². The zero-order valence-electron chi connectivity index (χ0n) is 14.9. The van der Waals surface area contributed by atoms with E-state index in [2.05, 4.69) is 67.8 Å². The van der Waals surface area contributed by atoms with E-state index in [0.717, 1.165) is 16.3 Å². The molecule has 0 fully saturated rings. The van der Waals surface area contributed by atoms with Crippen molar-refractivity contribution in [2.45, 2.75) is 23.6 Å². The first-order valence-corrected chi connectivity index (χ1v) is 10.2. The number of hydrogen-bond acceptors (Lipinski definition) is 3. The van der Waals surface area contributed by atoms with Crippen LogP contribution in [-0.4, -0.2) is 5.04 Å². The SMILES string of the molecule is CC(=C\Sc1ccccc1)/C(=N\c1ccccc1)Sc1cccc(C)c1. The van der Waals surface area contributed by atoms with Crippen LogP contribution >= 0.6 is 23.5 Å². The quantitative estimate of drug-likeness (QED) is 0.260. The summed E-state index contributed by atoms with van der Waals surface area (Å²) in [4.78, 5) is 7.33. The van der Waals surface area contributed by atoms with Crippen molar-refractivity contribution < 1.29 is 0 Å². The number of thioether (sulfide) groups is 2. The Balaban J connectivity index is 1.88. The van der Waals surface area contributed by atoms with Gasteiger partial charge in [-0.05, 0) is 61.2 Å². The van der Waals surface area contributed by atoms with Crippen molar-refractivity contribution in [1.82, 2.24) is 0 Å². The third-order valence-corrected chi connectivity index (χ3v) is 5.76. The number of hydrogen-bond donors (Lipinski definition) is 0.